The number of carbonyl (C=O) groups is 2. The molecule has 0 fully saturated rings. The molecule has 0 saturated carbocycles. The molecule has 2 atom stereocenters. The Labute approximate surface area is 282 Å². The second kappa shape index (κ2) is 15.7. The van der Waals surface area contributed by atoms with Crippen LogP contribution in [0.25, 0.3) is 0 Å². The van der Waals surface area contributed by atoms with E-state index in [1.165, 1.54) is 48.5 Å². The van der Waals surface area contributed by atoms with Crippen molar-refractivity contribution >= 4 is 39.1 Å². The summed E-state index contributed by atoms with van der Waals surface area (Å²) in [6.45, 7) is 2.39. The third-order valence-electron chi connectivity index (χ3n) is 7.69. The van der Waals surface area contributed by atoms with Crippen molar-refractivity contribution in [2.75, 3.05) is 10.8 Å². The molecule has 48 heavy (non-hydrogen) atoms. The third kappa shape index (κ3) is 9.13. The van der Waals surface area contributed by atoms with Crippen LogP contribution in [0, 0.1) is 5.82 Å². The second-order valence-corrected chi connectivity index (χ2v) is 13.4. The average molecular weight is 704 g/mol. The Morgan fingerprint density at radius 1 is 0.875 bits per heavy atom. The smallest absolute Gasteiger partial charge is 0.352 e. The first-order valence-corrected chi connectivity index (χ1v) is 16.8. The van der Waals surface area contributed by atoms with Gasteiger partial charge in [0.05, 0.1) is 21.2 Å². The number of hydrogen-bond donors (Lipinski definition) is 1. The van der Waals surface area contributed by atoms with E-state index in [-0.39, 0.29) is 28.9 Å². The molecule has 0 radical (unpaired) electrons. The third-order valence-corrected chi connectivity index (χ3v) is 9.78. The standard InChI is InChI=1S/C35H34ClF4N3O4S/c1-3-24(2)41-34(45)32(20-25-10-6-4-7-11-25)42(22-26-14-17-28(37)18-15-26)33(44)23-43(48(46,47)29-12-8-5-9-13-29)31-21-27(35(38,39)40)16-19-30(31)36/h4-19,21,24,32H,3,20,22-23H2,1-2H3,(H,41,45)/t24-,32-/m1/s1. The molecule has 4 rings (SSSR count). The molecule has 2 amide bonds. The fraction of sp³-hybridized carbons (Fsp3) is 0.257. The van der Waals surface area contributed by atoms with E-state index in [4.69, 9.17) is 11.6 Å². The van der Waals surface area contributed by atoms with Crippen molar-refractivity contribution in [1.82, 2.24) is 10.2 Å². The van der Waals surface area contributed by atoms with Gasteiger partial charge in [0, 0.05) is 19.0 Å². The molecule has 7 nitrogen and oxygen atoms in total. The van der Waals surface area contributed by atoms with Crippen LogP contribution in [0.5, 0.6) is 0 Å². The summed E-state index contributed by atoms with van der Waals surface area (Å²) in [6.07, 6.45) is -4.26. The van der Waals surface area contributed by atoms with Crippen LogP contribution >= 0.6 is 11.6 Å². The lowest BCUT2D eigenvalue weighted by Gasteiger charge is -2.34. The zero-order chi connectivity index (χ0) is 35.1. The minimum atomic E-state index is -4.85. The maximum absolute atomic E-state index is 14.5. The summed E-state index contributed by atoms with van der Waals surface area (Å²) in [5.41, 5.74) is -0.642. The average Bonchev–Trinajstić information content (AvgIpc) is 3.06. The lowest BCUT2D eigenvalue weighted by Crippen LogP contribution is -2.54. The molecule has 0 aliphatic carbocycles. The van der Waals surface area contributed by atoms with Crippen LogP contribution < -0.4 is 9.62 Å². The number of amides is 2. The molecule has 0 saturated heterocycles. The Balaban J connectivity index is 1.87. The lowest BCUT2D eigenvalue weighted by molar-refractivity contribution is -0.140. The molecular weight excluding hydrogens is 670 g/mol. The fourth-order valence-electron chi connectivity index (χ4n) is 4.89. The summed E-state index contributed by atoms with van der Waals surface area (Å²) < 4.78 is 84.0. The number of alkyl halides is 3. The molecule has 0 aliphatic heterocycles. The fourth-order valence-corrected chi connectivity index (χ4v) is 6.61. The van der Waals surface area contributed by atoms with Gasteiger partial charge in [-0.05, 0) is 66.9 Å². The van der Waals surface area contributed by atoms with Crippen LogP contribution in [0.2, 0.25) is 5.02 Å². The Bertz CT molecular complexity index is 1810. The van der Waals surface area contributed by atoms with Crippen molar-refractivity contribution in [3.8, 4) is 0 Å². The Kier molecular flexibility index (Phi) is 11.9. The van der Waals surface area contributed by atoms with Crippen LogP contribution in [-0.2, 0) is 38.8 Å². The highest BCUT2D eigenvalue weighted by atomic mass is 35.5. The minimum Gasteiger partial charge on any atom is -0.352 e. The van der Waals surface area contributed by atoms with Crippen molar-refractivity contribution in [3.63, 3.8) is 0 Å². The maximum atomic E-state index is 14.5. The topological polar surface area (TPSA) is 86.8 Å². The van der Waals surface area contributed by atoms with Gasteiger partial charge in [-0.15, -0.1) is 0 Å². The summed E-state index contributed by atoms with van der Waals surface area (Å²) in [4.78, 5) is 29.2. The lowest BCUT2D eigenvalue weighted by atomic mass is 10.0. The van der Waals surface area contributed by atoms with Crippen LogP contribution in [0.15, 0.2) is 108 Å². The number of halogens is 5. The highest BCUT2D eigenvalue weighted by Crippen LogP contribution is 2.37. The van der Waals surface area contributed by atoms with Gasteiger partial charge in [0.15, 0.2) is 0 Å². The molecule has 254 valence electrons. The number of carbonyl (C=O) groups excluding carboxylic acids is 2. The summed E-state index contributed by atoms with van der Waals surface area (Å²) in [5.74, 6) is -1.97. The molecule has 0 aromatic heterocycles. The molecule has 0 bridgehead atoms. The number of anilines is 1. The largest absolute Gasteiger partial charge is 0.416 e. The second-order valence-electron chi connectivity index (χ2n) is 11.2. The van der Waals surface area contributed by atoms with Crippen molar-refractivity contribution in [2.45, 2.75) is 56.4 Å². The molecule has 1 N–H and O–H groups in total. The molecular formula is C35H34ClF4N3O4S. The molecule has 0 aliphatic rings. The minimum absolute atomic E-state index is 0.0196. The molecule has 0 spiro atoms. The summed E-state index contributed by atoms with van der Waals surface area (Å²) in [7, 11) is -4.69. The predicted octanol–water partition coefficient (Wildman–Crippen LogP) is 7.25. The number of nitrogens with zero attached hydrogens (tertiary/aromatic N) is 2. The number of hydrogen-bond acceptors (Lipinski definition) is 4. The van der Waals surface area contributed by atoms with Crippen LogP contribution in [0.4, 0.5) is 23.2 Å². The first-order chi connectivity index (χ1) is 22.7. The highest BCUT2D eigenvalue weighted by Gasteiger charge is 2.37. The Hall–Kier alpha value is -4.42. The summed E-state index contributed by atoms with van der Waals surface area (Å²) >= 11 is 6.34. The summed E-state index contributed by atoms with van der Waals surface area (Å²) in [6, 6.07) is 21.6. The molecule has 0 heterocycles. The van der Waals surface area contributed by atoms with Gasteiger partial charge in [-0.2, -0.15) is 13.2 Å². The zero-order valence-electron chi connectivity index (χ0n) is 26.1. The van der Waals surface area contributed by atoms with Gasteiger partial charge >= 0.3 is 6.18 Å². The van der Waals surface area contributed by atoms with E-state index in [0.717, 1.165) is 11.0 Å². The zero-order valence-corrected chi connectivity index (χ0v) is 27.7. The van der Waals surface area contributed by atoms with Crippen LogP contribution in [0.1, 0.15) is 37.0 Å². The van der Waals surface area contributed by atoms with Gasteiger partial charge < -0.3 is 10.2 Å². The normalized spacial score (nSPS) is 13.0. The molecule has 4 aromatic carbocycles. The predicted molar refractivity (Wildman–Crippen MR) is 176 cm³/mol. The molecule has 0 unspecified atom stereocenters. The van der Waals surface area contributed by atoms with Gasteiger partial charge in [-0.1, -0.05) is 79.2 Å². The number of nitrogens with one attached hydrogen (secondary N) is 1. The number of benzene rings is 4. The molecule has 13 heteroatoms. The van der Waals surface area contributed by atoms with Crippen molar-refractivity contribution in [3.05, 3.63) is 131 Å². The van der Waals surface area contributed by atoms with Gasteiger partial charge in [-0.3, -0.25) is 13.9 Å². The van der Waals surface area contributed by atoms with E-state index < -0.39 is 57.7 Å². The first-order valence-electron chi connectivity index (χ1n) is 15.0. The SMILES string of the molecule is CC[C@@H](C)NC(=O)[C@@H](Cc1ccccc1)N(Cc1ccc(F)cc1)C(=O)CN(c1cc(C(F)(F)F)ccc1Cl)S(=O)(=O)c1ccccc1. The van der Waals surface area contributed by atoms with E-state index in [2.05, 4.69) is 5.32 Å². The van der Waals surface area contributed by atoms with Crippen molar-refractivity contribution < 1.29 is 35.6 Å². The van der Waals surface area contributed by atoms with E-state index in [9.17, 15) is 35.6 Å². The van der Waals surface area contributed by atoms with E-state index in [1.807, 2.05) is 6.92 Å². The van der Waals surface area contributed by atoms with Gasteiger partial charge in [-0.25, -0.2) is 12.8 Å². The quantitative estimate of drug-likeness (QED) is 0.149. The van der Waals surface area contributed by atoms with E-state index in [0.29, 0.717) is 34.0 Å². The Morgan fingerprint density at radius 2 is 1.48 bits per heavy atom. The van der Waals surface area contributed by atoms with E-state index >= 15 is 0 Å². The number of sulfonamides is 1. The van der Waals surface area contributed by atoms with Gasteiger partial charge in [0.25, 0.3) is 10.0 Å². The monoisotopic (exact) mass is 703 g/mol. The van der Waals surface area contributed by atoms with Crippen LogP contribution in [0.3, 0.4) is 0 Å². The Morgan fingerprint density at radius 3 is 2.06 bits per heavy atom. The van der Waals surface area contributed by atoms with Crippen molar-refractivity contribution in [1.29, 1.82) is 0 Å². The van der Waals surface area contributed by atoms with Gasteiger partial charge in [0.2, 0.25) is 11.8 Å². The van der Waals surface area contributed by atoms with Crippen LogP contribution in [-0.4, -0.2) is 43.8 Å². The van der Waals surface area contributed by atoms with E-state index in [1.54, 1.807) is 43.3 Å². The number of rotatable bonds is 13. The molecule has 4 aromatic rings. The van der Waals surface area contributed by atoms with Crippen molar-refractivity contribution in [2.24, 2.45) is 0 Å². The highest BCUT2D eigenvalue weighted by molar-refractivity contribution is 7.92. The summed E-state index contributed by atoms with van der Waals surface area (Å²) in [5, 5.41) is 2.53. The maximum Gasteiger partial charge on any atom is 0.416 e. The first kappa shape index (κ1) is 36.4. The van der Waals surface area contributed by atoms with Gasteiger partial charge in [0.1, 0.15) is 18.4 Å².